The summed E-state index contributed by atoms with van der Waals surface area (Å²) < 4.78 is 31.3. The standard InChI is InChI=1S/C11H16N4O3S/c12-8-9-3-4-11(18-9)19(16,17)15-5-1-2-10-13-6-7-14-10/h3-4,6-7,15H,1-2,5,8,12H2,(H,13,14). The van der Waals surface area contributed by atoms with Crippen molar-refractivity contribution in [1.29, 1.82) is 0 Å². The maximum atomic E-state index is 11.9. The van der Waals surface area contributed by atoms with Crippen molar-refractivity contribution in [3.63, 3.8) is 0 Å². The number of imidazole rings is 1. The van der Waals surface area contributed by atoms with Gasteiger partial charge >= 0.3 is 0 Å². The van der Waals surface area contributed by atoms with E-state index in [4.69, 9.17) is 10.2 Å². The lowest BCUT2D eigenvalue weighted by atomic mass is 10.3. The van der Waals surface area contributed by atoms with Gasteiger partial charge in [0.1, 0.15) is 11.6 Å². The summed E-state index contributed by atoms with van der Waals surface area (Å²) in [6.45, 7) is 0.496. The number of furan rings is 1. The van der Waals surface area contributed by atoms with Gasteiger partial charge in [0.25, 0.3) is 10.0 Å². The summed E-state index contributed by atoms with van der Waals surface area (Å²) in [5.74, 6) is 1.28. The van der Waals surface area contributed by atoms with E-state index >= 15 is 0 Å². The molecule has 2 aromatic rings. The molecular weight excluding hydrogens is 268 g/mol. The van der Waals surface area contributed by atoms with Crippen LogP contribution in [0.25, 0.3) is 0 Å². The number of hydrogen-bond acceptors (Lipinski definition) is 5. The molecule has 4 N–H and O–H groups in total. The Hall–Kier alpha value is -1.64. The van der Waals surface area contributed by atoms with Crippen molar-refractivity contribution in [2.45, 2.75) is 24.5 Å². The quantitative estimate of drug-likeness (QED) is 0.636. The van der Waals surface area contributed by atoms with Crippen LogP contribution < -0.4 is 10.5 Å². The van der Waals surface area contributed by atoms with Crippen LogP contribution in [0.2, 0.25) is 0 Å². The zero-order valence-electron chi connectivity index (χ0n) is 10.3. The highest BCUT2D eigenvalue weighted by Crippen LogP contribution is 2.13. The Morgan fingerprint density at radius 1 is 1.42 bits per heavy atom. The molecule has 2 heterocycles. The van der Waals surface area contributed by atoms with Crippen molar-refractivity contribution >= 4 is 10.0 Å². The highest BCUT2D eigenvalue weighted by Gasteiger charge is 2.17. The number of aryl methyl sites for hydroxylation is 1. The van der Waals surface area contributed by atoms with Crippen LogP contribution in [-0.4, -0.2) is 24.9 Å². The molecule has 0 aromatic carbocycles. The summed E-state index contributed by atoms with van der Waals surface area (Å²) in [6, 6.07) is 2.95. The second kappa shape index (κ2) is 6.00. The molecule has 8 heteroatoms. The van der Waals surface area contributed by atoms with Crippen LogP contribution in [0, 0.1) is 0 Å². The van der Waals surface area contributed by atoms with E-state index < -0.39 is 10.0 Å². The molecule has 0 fully saturated rings. The predicted molar refractivity (Wildman–Crippen MR) is 68.7 cm³/mol. The van der Waals surface area contributed by atoms with Crippen molar-refractivity contribution < 1.29 is 12.8 Å². The number of sulfonamides is 1. The number of aromatic nitrogens is 2. The molecule has 2 rings (SSSR count). The molecule has 0 spiro atoms. The molecule has 104 valence electrons. The van der Waals surface area contributed by atoms with E-state index in [1.165, 1.54) is 6.07 Å². The Morgan fingerprint density at radius 2 is 2.26 bits per heavy atom. The Balaban J connectivity index is 1.84. The lowest BCUT2D eigenvalue weighted by Gasteiger charge is -2.03. The van der Waals surface area contributed by atoms with E-state index in [-0.39, 0.29) is 11.6 Å². The van der Waals surface area contributed by atoms with E-state index in [0.717, 1.165) is 5.82 Å². The Bertz CT molecular complexity index is 604. The molecule has 19 heavy (non-hydrogen) atoms. The molecule has 7 nitrogen and oxygen atoms in total. The predicted octanol–water partition coefficient (Wildman–Crippen LogP) is 0.372. The molecule has 0 aliphatic carbocycles. The number of nitrogens with two attached hydrogens (primary N) is 1. The number of nitrogens with zero attached hydrogens (tertiary/aromatic N) is 1. The van der Waals surface area contributed by atoms with E-state index in [2.05, 4.69) is 14.7 Å². The second-order valence-corrected chi connectivity index (χ2v) is 5.66. The highest BCUT2D eigenvalue weighted by molar-refractivity contribution is 7.89. The van der Waals surface area contributed by atoms with Gasteiger partial charge in [0.2, 0.25) is 5.09 Å². The van der Waals surface area contributed by atoms with Crippen LogP contribution in [0.5, 0.6) is 0 Å². The van der Waals surface area contributed by atoms with E-state index in [1.807, 2.05) is 0 Å². The maximum absolute atomic E-state index is 11.9. The smallest absolute Gasteiger partial charge is 0.273 e. The average Bonchev–Trinajstić information content (AvgIpc) is 3.05. The van der Waals surface area contributed by atoms with Crippen molar-refractivity contribution in [1.82, 2.24) is 14.7 Å². The lowest BCUT2D eigenvalue weighted by molar-refractivity contribution is 0.412. The summed E-state index contributed by atoms with van der Waals surface area (Å²) in [5, 5.41) is -0.106. The minimum atomic E-state index is -3.59. The second-order valence-electron chi connectivity index (χ2n) is 3.96. The topological polar surface area (TPSA) is 114 Å². The summed E-state index contributed by atoms with van der Waals surface area (Å²) in [7, 11) is -3.59. The number of nitrogens with one attached hydrogen (secondary N) is 2. The first-order valence-electron chi connectivity index (χ1n) is 5.88. The monoisotopic (exact) mass is 284 g/mol. The van der Waals surface area contributed by atoms with E-state index in [9.17, 15) is 8.42 Å². The third-order valence-electron chi connectivity index (χ3n) is 2.54. The molecule has 0 radical (unpaired) electrons. The summed E-state index contributed by atoms with van der Waals surface area (Å²) in [5.41, 5.74) is 5.36. The van der Waals surface area contributed by atoms with Gasteiger partial charge in [-0.25, -0.2) is 18.1 Å². The molecule has 0 aliphatic heterocycles. The number of rotatable bonds is 7. The molecule has 0 unspecified atom stereocenters. The lowest BCUT2D eigenvalue weighted by Crippen LogP contribution is -2.24. The fourth-order valence-electron chi connectivity index (χ4n) is 1.58. The number of aromatic amines is 1. The largest absolute Gasteiger partial charge is 0.447 e. The summed E-state index contributed by atoms with van der Waals surface area (Å²) >= 11 is 0. The average molecular weight is 284 g/mol. The van der Waals surface area contributed by atoms with Crippen LogP contribution in [0.15, 0.2) is 34.0 Å². The molecule has 0 amide bonds. The van der Waals surface area contributed by atoms with Gasteiger partial charge in [-0.05, 0) is 18.6 Å². The molecular formula is C11H16N4O3S. The highest BCUT2D eigenvalue weighted by atomic mass is 32.2. The van der Waals surface area contributed by atoms with Gasteiger partial charge in [0.05, 0.1) is 6.54 Å². The fraction of sp³-hybridized carbons (Fsp3) is 0.364. The van der Waals surface area contributed by atoms with Gasteiger partial charge in [-0.2, -0.15) is 0 Å². The molecule has 0 saturated carbocycles. The van der Waals surface area contributed by atoms with Gasteiger partial charge in [-0.1, -0.05) is 0 Å². The van der Waals surface area contributed by atoms with E-state index in [1.54, 1.807) is 18.5 Å². The summed E-state index contributed by atoms with van der Waals surface area (Å²) in [4.78, 5) is 7.01. The third kappa shape index (κ3) is 3.66. The van der Waals surface area contributed by atoms with Crippen molar-refractivity contribution in [3.8, 4) is 0 Å². The zero-order valence-corrected chi connectivity index (χ0v) is 11.1. The SMILES string of the molecule is NCc1ccc(S(=O)(=O)NCCCc2ncc[nH]2)o1. The normalized spacial score (nSPS) is 11.8. The minimum Gasteiger partial charge on any atom is -0.447 e. The Labute approximate surface area is 111 Å². The van der Waals surface area contributed by atoms with Gasteiger partial charge in [0.15, 0.2) is 0 Å². The van der Waals surface area contributed by atoms with Gasteiger partial charge in [0, 0.05) is 25.4 Å². The van der Waals surface area contributed by atoms with Gasteiger partial charge in [-0.15, -0.1) is 0 Å². The maximum Gasteiger partial charge on any atom is 0.273 e. The van der Waals surface area contributed by atoms with Gasteiger partial charge < -0.3 is 15.1 Å². The van der Waals surface area contributed by atoms with Gasteiger partial charge in [-0.3, -0.25) is 0 Å². The van der Waals surface area contributed by atoms with Crippen LogP contribution >= 0.6 is 0 Å². The van der Waals surface area contributed by atoms with Crippen molar-refractivity contribution in [2.75, 3.05) is 6.54 Å². The first kappa shape index (κ1) is 13.8. The summed E-state index contributed by atoms with van der Waals surface area (Å²) in [6.07, 6.45) is 4.73. The molecule has 0 atom stereocenters. The first-order chi connectivity index (χ1) is 9.12. The first-order valence-corrected chi connectivity index (χ1v) is 7.37. The third-order valence-corrected chi connectivity index (χ3v) is 3.87. The fourth-order valence-corrected chi connectivity index (χ4v) is 2.60. The number of H-pyrrole nitrogens is 1. The molecule has 0 bridgehead atoms. The van der Waals surface area contributed by atoms with Crippen LogP contribution in [-0.2, 0) is 23.0 Å². The van der Waals surface area contributed by atoms with Crippen LogP contribution in [0.4, 0.5) is 0 Å². The van der Waals surface area contributed by atoms with Crippen molar-refractivity contribution in [3.05, 3.63) is 36.1 Å². The van der Waals surface area contributed by atoms with Crippen LogP contribution in [0.3, 0.4) is 0 Å². The van der Waals surface area contributed by atoms with E-state index in [0.29, 0.717) is 25.1 Å². The Kier molecular flexibility index (Phi) is 4.35. The zero-order chi connectivity index (χ0) is 13.7. The number of hydrogen-bond donors (Lipinski definition) is 3. The molecule has 0 aliphatic rings. The van der Waals surface area contributed by atoms with Crippen molar-refractivity contribution in [2.24, 2.45) is 5.73 Å². The van der Waals surface area contributed by atoms with Crippen LogP contribution in [0.1, 0.15) is 18.0 Å². The minimum absolute atomic E-state index is 0.106. The molecule has 2 aromatic heterocycles. The molecule has 0 saturated heterocycles. The Morgan fingerprint density at radius 3 is 2.89 bits per heavy atom.